The number of ketones is 1. The molecule has 0 aromatic carbocycles. The van der Waals surface area contributed by atoms with Crippen LogP contribution in [0.15, 0.2) is 0 Å². The maximum absolute atomic E-state index is 11.6. The molecule has 0 bridgehead atoms. The van der Waals surface area contributed by atoms with Gasteiger partial charge in [-0.2, -0.15) is 0 Å². The number of rotatable bonds is 0. The maximum Gasteiger partial charge on any atom is 0.138 e. The number of carbonyl (C=O) groups is 1. The van der Waals surface area contributed by atoms with Crippen molar-refractivity contribution in [3.63, 3.8) is 0 Å². The Hall–Kier alpha value is -0.370. The van der Waals surface area contributed by atoms with Crippen LogP contribution in [0, 0.1) is 11.3 Å². The molecule has 80 valence electrons. The van der Waals surface area contributed by atoms with E-state index in [1.165, 1.54) is 6.42 Å². The zero-order valence-corrected chi connectivity index (χ0v) is 9.18. The van der Waals surface area contributed by atoms with Crippen LogP contribution >= 0.6 is 0 Å². The number of carbonyl (C=O) groups excluding carboxylic acids is 1. The fourth-order valence-electron chi connectivity index (χ4n) is 3.39. The number of fused-ring (bicyclic) bond motifs is 1. The Labute approximate surface area is 85.7 Å². The van der Waals surface area contributed by atoms with Crippen molar-refractivity contribution in [2.24, 2.45) is 11.3 Å². The topological polar surface area (TPSA) is 37.3 Å². The highest BCUT2D eigenvalue weighted by atomic mass is 16.3. The number of hydrogen-bond donors (Lipinski definition) is 1. The molecule has 2 fully saturated rings. The van der Waals surface area contributed by atoms with Gasteiger partial charge in [-0.25, -0.2) is 0 Å². The Bertz CT molecular complexity index is 261. The van der Waals surface area contributed by atoms with Gasteiger partial charge < -0.3 is 5.11 Å². The van der Waals surface area contributed by atoms with Crippen molar-refractivity contribution in [3.05, 3.63) is 0 Å². The van der Waals surface area contributed by atoms with Crippen LogP contribution in [0.4, 0.5) is 0 Å². The molecule has 2 rings (SSSR count). The molecule has 2 aliphatic rings. The van der Waals surface area contributed by atoms with E-state index in [0.717, 1.165) is 25.7 Å². The summed E-state index contributed by atoms with van der Waals surface area (Å²) in [5.74, 6) is 0.105. The van der Waals surface area contributed by atoms with Gasteiger partial charge in [0.25, 0.3) is 0 Å². The molecule has 0 aliphatic heterocycles. The first-order chi connectivity index (χ1) is 6.50. The lowest BCUT2D eigenvalue weighted by molar-refractivity contribution is -0.175. The van der Waals surface area contributed by atoms with Gasteiger partial charge in [0.2, 0.25) is 0 Å². The van der Waals surface area contributed by atoms with E-state index < -0.39 is 5.60 Å². The fourth-order valence-corrected chi connectivity index (χ4v) is 3.39. The summed E-state index contributed by atoms with van der Waals surface area (Å²) in [7, 11) is 0. The van der Waals surface area contributed by atoms with Crippen LogP contribution in [0.5, 0.6) is 0 Å². The van der Waals surface area contributed by atoms with Crippen molar-refractivity contribution >= 4 is 5.78 Å². The molecule has 2 aliphatic carbocycles. The number of aliphatic hydroxyl groups is 1. The third-order valence-corrected chi connectivity index (χ3v) is 4.70. The summed E-state index contributed by atoms with van der Waals surface area (Å²) in [5.41, 5.74) is -0.709. The summed E-state index contributed by atoms with van der Waals surface area (Å²) in [5, 5.41) is 10.7. The predicted molar refractivity (Wildman–Crippen MR) is 54.9 cm³/mol. The average Bonchev–Trinajstić information content (AvgIpc) is 2.16. The Morgan fingerprint density at radius 3 is 2.64 bits per heavy atom. The number of Topliss-reactive ketones (excluding diaryl/α,β-unsaturated/α-hetero) is 1. The Morgan fingerprint density at radius 2 is 1.93 bits per heavy atom. The molecular formula is C12H20O2. The zero-order valence-electron chi connectivity index (χ0n) is 9.18. The Balaban J connectivity index is 2.34. The standard InChI is InChI=1S/C12H20O2/c1-9-10(13)5-8-11(2)6-3-4-7-12(9,11)14/h9,14H,3-8H2,1-2H3/t9-,11+,12-/m0/s1. The molecule has 0 amide bonds. The molecule has 0 unspecified atom stereocenters. The van der Waals surface area contributed by atoms with Crippen molar-refractivity contribution in [1.29, 1.82) is 0 Å². The molecule has 1 N–H and O–H groups in total. The van der Waals surface area contributed by atoms with E-state index in [2.05, 4.69) is 6.92 Å². The van der Waals surface area contributed by atoms with E-state index in [1.807, 2.05) is 6.92 Å². The van der Waals surface area contributed by atoms with Gasteiger partial charge in [0.15, 0.2) is 0 Å². The lowest BCUT2D eigenvalue weighted by atomic mass is 9.53. The van der Waals surface area contributed by atoms with Gasteiger partial charge in [0, 0.05) is 12.3 Å². The van der Waals surface area contributed by atoms with Crippen LogP contribution in [0.3, 0.4) is 0 Å². The molecular weight excluding hydrogens is 176 g/mol. The van der Waals surface area contributed by atoms with E-state index in [4.69, 9.17) is 0 Å². The third-order valence-electron chi connectivity index (χ3n) is 4.70. The molecule has 3 atom stereocenters. The molecule has 0 aromatic rings. The van der Waals surface area contributed by atoms with Crippen LogP contribution in [-0.4, -0.2) is 16.5 Å². The SMILES string of the molecule is C[C@H]1C(=O)CC[C@@]2(C)CCCC[C@]12O. The van der Waals surface area contributed by atoms with Crippen LogP contribution < -0.4 is 0 Å². The maximum atomic E-state index is 11.6. The first-order valence-corrected chi connectivity index (χ1v) is 5.75. The van der Waals surface area contributed by atoms with Crippen LogP contribution in [0.1, 0.15) is 52.4 Å². The molecule has 0 heterocycles. The largest absolute Gasteiger partial charge is 0.389 e. The second-order valence-electron chi connectivity index (χ2n) is 5.38. The summed E-state index contributed by atoms with van der Waals surface area (Å²) in [6.45, 7) is 4.07. The fraction of sp³-hybridized carbons (Fsp3) is 0.917. The van der Waals surface area contributed by atoms with Crippen molar-refractivity contribution in [2.75, 3.05) is 0 Å². The van der Waals surface area contributed by atoms with E-state index in [9.17, 15) is 9.90 Å². The van der Waals surface area contributed by atoms with Crippen LogP contribution in [0.25, 0.3) is 0 Å². The molecule has 0 spiro atoms. The van der Waals surface area contributed by atoms with Gasteiger partial charge in [-0.1, -0.05) is 26.7 Å². The quantitative estimate of drug-likeness (QED) is 0.645. The van der Waals surface area contributed by atoms with Gasteiger partial charge in [-0.05, 0) is 24.7 Å². The summed E-state index contributed by atoms with van der Waals surface area (Å²) < 4.78 is 0. The van der Waals surface area contributed by atoms with Gasteiger partial charge in [0.05, 0.1) is 5.60 Å². The van der Waals surface area contributed by atoms with Crippen molar-refractivity contribution in [3.8, 4) is 0 Å². The highest BCUT2D eigenvalue weighted by Gasteiger charge is 2.55. The summed E-state index contributed by atoms with van der Waals surface area (Å²) >= 11 is 0. The van der Waals surface area contributed by atoms with Gasteiger partial charge >= 0.3 is 0 Å². The number of hydrogen-bond acceptors (Lipinski definition) is 2. The summed E-state index contributed by atoms with van der Waals surface area (Å²) in [6, 6.07) is 0. The van der Waals surface area contributed by atoms with E-state index in [1.54, 1.807) is 0 Å². The third kappa shape index (κ3) is 1.16. The highest BCUT2D eigenvalue weighted by Crippen LogP contribution is 2.54. The second kappa shape index (κ2) is 3.06. The lowest BCUT2D eigenvalue weighted by Gasteiger charge is -2.54. The van der Waals surface area contributed by atoms with Crippen molar-refractivity contribution < 1.29 is 9.90 Å². The monoisotopic (exact) mass is 196 g/mol. The van der Waals surface area contributed by atoms with E-state index in [-0.39, 0.29) is 17.1 Å². The second-order valence-corrected chi connectivity index (χ2v) is 5.38. The van der Waals surface area contributed by atoms with Crippen LogP contribution in [0.2, 0.25) is 0 Å². The highest BCUT2D eigenvalue weighted by molar-refractivity contribution is 5.83. The molecule has 2 saturated carbocycles. The van der Waals surface area contributed by atoms with E-state index >= 15 is 0 Å². The molecule has 0 saturated heterocycles. The molecule has 14 heavy (non-hydrogen) atoms. The van der Waals surface area contributed by atoms with Gasteiger partial charge in [-0.15, -0.1) is 0 Å². The van der Waals surface area contributed by atoms with Crippen molar-refractivity contribution in [1.82, 2.24) is 0 Å². The van der Waals surface area contributed by atoms with E-state index in [0.29, 0.717) is 6.42 Å². The smallest absolute Gasteiger partial charge is 0.138 e. The Kier molecular flexibility index (Phi) is 2.22. The van der Waals surface area contributed by atoms with Crippen LogP contribution in [-0.2, 0) is 4.79 Å². The molecule has 0 radical (unpaired) electrons. The van der Waals surface area contributed by atoms with Gasteiger partial charge in [0.1, 0.15) is 5.78 Å². The zero-order chi connectivity index (χ0) is 10.4. The minimum Gasteiger partial charge on any atom is -0.389 e. The minimum absolute atomic E-state index is 0.00141. The summed E-state index contributed by atoms with van der Waals surface area (Å²) in [6.07, 6.45) is 5.73. The lowest BCUT2D eigenvalue weighted by Crippen LogP contribution is -2.58. The van der Waals surface area contributed by atoms with Crippen molar-refractivity contribution in [2.45, 2.75) is 58.0 Å². The first kappa shape index (κ1) is 10.2. The molecule has 2 heteroatoms. The average molecular weight is 196 g/mol. The summed E-state index contributed by atoms with van der Waals surface area (Å²) in [4.78, 5) is 11.6. The molecule has 2 nitrogen and oxygen atoms in total. The predicted octanol–water partition coefficient (Wildman–Crippen LogP) is 2.30. The minimum atomic E-state index is -0.708. The normalized spacial score (nSPS) is 48.8. The first-order valence-electron chi connectivity index (χ1n) is 5.75. The van der Waals surface area contributed by atoms with Gasteiger partial charge in [-0.3, -0.25) is 4.79 Å². The Morgan fingerprint density at radius 1 is 1.29 bits per heavy atom. The molecule has 0 aromatic heterocycles.